The van der Waals surface area contributed by atoms with E-state index in [-0.39, 0.29) is 17.9 Å². The number of rotatable bonds is 10. The van der Waals surface area contributed by atoms with Gasteiger partial charge in [-0.15, -0.1) is 0 Å². The summed E-state index contributed by atoms with van der Waals surface area (Å²) in [4.78, 5) is 27.1. The Morgan fingerprint density at radius 2 is 1.52 bits per heavy atom. The van der Waals surface area contributed by atoms with Crippen molar-refractivity contribution >= 4 is 17.5 Å². The Hall–Kier alpha value is -5.25. The second kappa shape index (κ2) is 12.2. The first-order valence-corrected chi connectivity index (χ1v) is 14.0. The van der Waals surface area contributed by atoms with Gasteiger partial charge in [-0.05, 0) is 65.6 Å². The van der Waals surface area contributed by atoms with Gasteiger partial charge >= 0.3 is 0 Å². The average molecular weight is 597 g/mol. The molecule has 8 nitrogen and oxygen atoms in total. The Bertz CT molecular complexity index is 1730. The largest absolute Gasteiger partial charge is 0.497 e. The van der Waals surface area contributed by atoms with Gasteiger partial charge in [0.15, 0.2) is 5.76 Å². The highest BCUT2D eigenvalue weighted by molar-refractivity contribution is 6.07. The van der Waals surface area contributed by atoms with Crippen molar-refractivity contribution in [1.82, 2.24) is 9.97 Å². The van der Waals surface area contributed by atoms with E-state index in [0.29, 0.717) is 41.9 Å². The summed E-state index contributed by atoms with van der Waals surface area (Å²) in [6, 6.07) is 22.3. The summed E-state index contributed by atoms with van der Waals surface area (Å²) in [6.07, 6.45) is 1.55. The number of anilines is 2. The van der Waals surface area contributed by atoms with E-state index >= 15 is 0 Å². The molecule has 0 saturated heterocycles. The second-order valence-corrected chi connectivity index (χ2v) is 10.5. The number of nitrogens with zero attached hydrogens (tertiary/aromatic N) is 4. The van der Waals surface area contributed by atoms with Crippen LogP contribution in [0.4, 0.5) is 20.4 Å². The van der Waals surface area contributed by atoms with Gasteiger partial charge in [0, 0.05) is 26.2 Å². The highest BCUT2D eigenvalue weighted by Gasteiger charge is 2.41. The topological polar surface area (TPSA) is 80.9 Å². The van der Waals surface area contributed by atoms with Gasteiger partial charge in [0.1, 0.15) is 28.8 Å². The Morgan fingerprint density at radius 1 is 0.886 bits per heavy atom. The Balaban J connectivity index is 1.47. The first kappa shape index (κ1) is 28.9. The van der Waals surface area contributed by atoms with Crippen LogP contribution in [0.1, 0.15) is 28.3 Å². The molecule has 1 unspecified atom stereocenters. The maximum Gasteiger partial charge on any atom is 0.236 e. The summed E-state index contributed by atoms with van der Waals surface area (Å²) >= 11 is 0. The van der Waals surface area contributed by atoms with Crippen LogP contribution < -0.4 is 19.3 Å². The first-order chi connectivity index (χ1) is 21.3. The van der Waals surface area contributed by atoms with Gasteiger partial charge in [-0.2, -0.15) is 0 Å². The van der Waals surface area contributed by atoms with E-state index in [1.54, 1.807) is 33.4 Å². The molecule has 3 heterocycles. The number of halogens is 2. The van der Waals surface area contributed by atoms with Crippen LogP contribution in [0.25, 0.3) is 11.5 Å². The van der Waals surface area contributed by atoms with Crippen molar-refractivity contribution in [2.45, 2.75) is 25.4 Å². The molecule has 0 aliphatic carbocycles. The zero-order valence-electron chi connectivity index (χ0n) is 24.5. The number of hydrogen-bond acceptors (Lipinski definition) is 7. The van der Waals surface area contributed by atoms with E-state index in [0.717, 1.165) is 28.7 Å². The van der Waals surface area contributed by atoms with Gasteiger partial charge in [-0.1, -0.05) is 30.3 Å². The lowest BCUT2D eigenvalue weighted by Gasteiger charge is -2.25. The molecule has 0 spiro atoms. The number of carbonyl (C=O) groups is 1. The van der Waals surface area contributed by atoms with Crippen molar-refractivity contribution in [3.05, 3.63) is 119 Å². The lowest BCUT2D eigenvalue weighted by Crippen LogP contribution is -2.25. The molecule has 1 atom stereocenters. The molecule has 2 aromatic heterocycles. The first-order valence-electron chi connectivity index (χ1n) is 14.0. The van der Waals surface area contributed by atoms with Crippen molar-refractivity contribution in [2.75, 3.05) is 31.1 Å². The van der Waals surface area contributed by atoms with Crippen LogP contribution in [0.5, 0.6) is 11.5 Å². The third-order valence-corrected chi connectivity index (χ3v) is 7.73. The molecule has 10 heteroatoms. The van der Waals surface area contributed by atoms with Crippen molar-refractivity contribution in [3.63, 3.8) is 0 Å². The number of hydrogen-bond donors (Lipinski definition) is 0. The minimum absolute atomic E-state index is 0.00724. The van der Waals surface area contributed by atoms with Gasteiger partial charge in [0.25, 0.3) is 0 Å². The number of amides is 1. The molecule has 1 amide bonds. The van der Waals surface area contributed by atoms with E-state index in [4.69, 9.17) is 23.9 Å². The Morgan fingerprint density at radius 3 is 2.07 bits per heavy atom. The maximum absolute atomic E-state index is 14.8. The van der Waals surface area contributed by atoms with E-state index in [2.05, 4.69) is 0 Å². The van der Waals surface area contributed by atoms with E-state index in [9.17, 15) is 13.6 Å². The van der Waals surface area contributed by atoms with Crippen LogP contribution in [0, 0.1) is 11.6 Å². The number of furan rings is 1. The summed E-state index contributed by atoms with van der Waals surface area (Å²) in [5.74, 6) is -0.159. The number of ether oxygens (including phenoxy) is 2. The van der Waals surface area contributed by atoms with Crippen LogP contribution in [0.2, 0.25) is 0 Å². The standard InChI is InChI=1S/C34H30F2N4O4/c1-39-32-30(27(33(39)41)17-23-10-11-24(35)18-28(23)36)37-34(38-31(32)29-5-4-16-44-29)40(19-21-6-12-25(42-2)13-7-21)20-22-8-14-26(43-3)15-9-22/h4-16,18,27H,17,19-20H2,1-3H3. The van der Waals surface area contributed by atoms with E-state index < -0.39 is 17.6 Å². The monoisotopic (exact) mass is 596 g/mol. The lowest BCUT2D eigenvalue weighted by atomic mass is 9.96. The molecular weight excluding hydrogens is 566 g/mol. The number of benzene rings is 3. The summed E-state index contributed by atoms with van der Waals surface area (Å²) in [5, 5.41) is 0. The molecule has 0 N–H and O–H groups in total. The SMILES string of the molecule is COc1ccc(CN(Cc2ccc(OC)cc2)c2nc(-c3ccco3)c3c(n2)C(Cc2ccc(F)cc2F)C(=O)N3C)cc1. The molecule has 1 aliphatic rings. The fraction of sp³-hybridized carbons (Fsp3) is 0.206. The minimum Gasteiger partial charge on any atom is -0.497 e. The summed E-state index contributed by atoms with van der Waals surface area (Å²) in [7, 11) is 4.88. The fourth-order valence-corrected chi connectivity index (χ4v) is 5.41. The molecule has 0 bridgehead atoms. The molecule has 5 aromatic rings. The summed E-state index contributed by atoms with van der Waals surface area (Å²) < 4.78 is 44.9. The lowest BCUT2D eigenvalue weighted by molar-refractivity contribution is -0.119. The fourth-order valence-electron chi connectivity index (χ4n) is 5.41. The zero-order valence-corrected chi connectivity index (χ0v) is 24.5. The van der Waals surface area contributed by atoms with Gasteiger partial charge in [0.05, 0.1) is 37.8 Å². The molecule has 0 radical (unpaired) electrons. The predicted molar refractivity (Wildman–Crippen MR) is 162 cm³/mol. The molecule has 0 saturated carbocycles. The highest BCUT2D eigenvalue weighted by atomic mass is 19.1. The van der Waals surface area contributed by atoms with E-state index in [1.165, 1.54) is 23.3 Å². The van der Waals surface area contributed by atoms with Crippen molar-refractivity contribution in [2.24, 2.45) is 0 Å². The second-order valence-electron chi connectivity index (χ2n) is 10.5. The van der Waals surface area contributed by atoms with Gasteiger partial charge in [0.2, 0.25) is 11.9 Å². The average Bonchev–Trinajstić information content (AvgIpc) is 3.66. The zero-order chi connectivity index (χ0) is 30.8. The summed E-state index contributed by atoms with van der Waals surface area (Å²) in [6.45, 7) is 0.876. The van der Waals surface area contributed by atoms with Crippen LogP contribution in [-0.4, -0.2) is 37.1 Å². The normalized spacial score (nSPS) is 14.1. The van der Waals surface area contributed by atoms with Crippen molar-refractivity contribution in [3.8, 4) is 23.0 Å². The highest BCUT2D eigenvalue weighted by Crippen LogP contribution is 2.44. The third kappa shape index (κ3) is 5.70. The number of aromatic nitrogens is 2. The van der Waals surface area contributed by atoms with Gasteiger partial charge in [-0.3, -0.25) is 4.79 Å². The van der Waals surface area contributed by atoms with Crippen LogP contribution in [-0.2, 0) is 24.3 Å². The smallest absolute Gasteiger partial charge is 0.236 e. The number of likely N-dealkylation sites (N-methyl/N-ethyl adjacent to an activating group) is 1. The van der Waals surface area contributed by atoms with Crippen LogP contribution in [0.3, 0.4) is 0 Å². The summed E-state index contributed by atoms with van der Waals surface area (Å²) in [5.41, 5.74) is 3.59. The predicted octanol–water partition coefficient (Wildman–Crippen LogP) is 6.54. The molecule has 1 aliphatic heterocycles. The molecule has 44 heavy (non-hydrogen) atoms. The molecule has 6 rings (SSSR count). The van der Waals surface area contributed by atoms with Crippen molar-refractivity contribution < 1.29 is 27.5 Å². The van der Waals surface area contributed by atoms with Crippen LogP contribution >= 0.6 is 0 Å². The Kier molecular flexibility index (Phi) is 7.97. The van der Waals surface area contributed by atoms with Gasteiger partial charge in [-0.25, -0.2) is 18.7 Å². The van der Waals surface area contributed by atoms with Gasteiger partial charge < -0.3 is 23.7 Å². The maximum atomic E-state index is 14.8. The van der Waals surface area contributed by atoms with E-state index in [1.807, 2.05) is 53.4 Å². The Labute approximate surface area is 253 Å². The molecule has 0 fully saturated rings. The minimum atomic E-state index is -0.811. The molecular formula is C34H30F2N4O4. The van der Waals surface area contributed by atoms with Crippen molar-refractivity contribution in [1.29, 1.82) is 0 Å². The third-order valence-electron chi connectivity index (χ3n) is 7.73. The molecule has 3 aromatic carbocycles. The number of methoxy groups -OCH3 is 2. The number of fused-ring (bicyclic) bond motifs is 1. The quantitative estimate of drug-likeness (QED) is 0.181. The number of carbonyl (C=O) groups excluding carboxylic acids is 1. The molecule has 224 valence electrons. The van der Waals surface area contributed by atoms with Crippen LogP contribution in [0.15, 0.2) is 89.5 Å².